The van der Waals surface area contributed by atoms with Gasteiger partial charge in [-0.05, 0) is 30.2 Å². The number of ether oxygens (including phenoxy) is 2. The number of carbonyl (C=O) groups excluding carboxylic acids is 1. The van der Waals surface area contributed by atoms with Crippen LogP contribution in [0.2, 0.25) is 0 Å². The summed E-state index contributed by atoms with van der Waals surface area (Å²) < 4.78 is 12.3. The minimum Gasteiger partial charge on any atom is -0.497 e. The van der Waals surface area contributed by atoms with Crippen molar-refractivity contribution in [1.82, 2.24) is 14.8 Å². The summed E-state index contributed by atoms with van der Waals surface area (Å²) >= 11 is 1.44. The molecule has 0 aliphatic carbocycles. The molecule has 2 aromatic rings. The Kier molecular flexibility index (Phi) is 5.08. The number of esters is 1. The number of nitrogens with zero attached hydrogens (tertiary/aromatic N) is 3. The Balaban J connectivity index is 1.91. The second-order valence-corrected chi connectivity index (χ2v) is 7.27. The van der Waals surface area contributed by atoms with Gasteiger partial charge in [-0.1, -0.05) is 25.6 Å². The van der Waals surface area contributed by atoms with Crippen molar-refractivity contribution in [1.29, 1.82) is 0 Å². The van der Waals surface area contributed by atoms with Crippen LogP contribution in [0.4, 0.5) is 0 Å². The lowest BCUT2D eigenvalue weighted by Gasteiger charge is -2.13. The van der Waals surface area contributed by atoms with E-state index in [-0.39, 0.29) is 11.2 Å². The second-order valence-electron chi connectivity index (χ2n) is 6.10. The van der Waals surface area contributed by atoms with E-state index in [9.17, 15) is 4.79 Å². The van der Waals surface area contributed by atoms with Crippen LogP contribution in [0.25, 0.3) is 11.4 Å². The van der Waals surface area contributed by atoms with E-state index in [0.29, 0.717) is 12.5 Å². The second kappa shape index (κ2) is 7.25. The van der Waals surface area contributed by atoms with Crippen LogP contribution < -0.4 is 4.74 Å². The Morgan fingerprint density at radius 2 is 2.08 bits per heavy atom. The number of aromatic nitrogens is 3. The normalized spacial score (nSPS) is 17.3. The van der Waals surface area contributed by atoms with Gasteiger partial charge < -0.3 is 14.0 Å². The van der Waals surface area contributed by atoms with Crippen LogP contribution in [0, 0.1) is 5.92 Å². The summed E-state index contributed by atoms with van der Waals surface area (Å²) in [4.78, 5) is 11.7. The number of thioether (sulfide) groups is 1. The molecular weight excluding hydrogens is 326 g/mol. The number of carbonyl (C=O) groups is 1. The third kappa shape index (κ3) is 3.56. The van der Waals surface area contributed by atoms with Crippen LogP contribution in [-0.2, 0) is 16.1 Å². The molecule has 0 N–H and O–H groups in total. The lowest BCUT2D eigenvalue weighted by atomic mass is 10.2. The number of cyclic esters (lactones) is 1. The zero-order valence-corrected chi connectivity index (χ0v) is 14.9. The van der Waals surface area contributed by atoms with Gasteiger partial charge in [0.2, 0.25) is 0 Å². The molecule has 0 unspecified atom stereocenters. The number of benzene rings is 1. The molecule has 0 spiro atoms. The van der Waals surface area contributed by atoms with Crippen molar-refractivity contribution in [3.05, 3.63) is 24.3 Å². The maximum absolute atomic E-state index is 11.7. The van der Waals surface area contributed by atoms with Crippen molar-refractivity contribution in [3.8, 4) is 17.1 Å². The zero-order valence-electron chi connectivity index (χ0n) is 14.1. The summed E-state index contributed by atoms with van der Waals surface area (Å²) in [6.07, 6.45) is 0.718. The van der Waals surface area contributed by atoms with Crippen LogP contribution in [0.5, 0.6) is 5.75 Å². The third-order valence-corrected chi connectivity index (χ3v) is 4.97. The average Bonchev–Trinajstić information content (AvgIpc) is 3.15. The molecule has 1 aliphatic rings. The number of methoxy groups -OCH3 is 1. The Bertz CT molecular complexity index is 712. The molecule has 0 saturated carbocycles. The predicted molar refractivity (Wildman–Crippen MR) is 92.1 cm³/mol. The van der Waals surface area contributed by atoms with E-state index in [1.807, 2.05) is 24.3 Å². The molecule has 1 aromatic heterocycles. The first-order chi connectivity index (χ1) is 11.6. The maximum atomic E-state index is 11.7. The first-order valence-electron chi connectivity index (χ1n) is 7.99. The summed E-state index contributed by atoms with van der Waals surface area (Å²) in [6.45, 7) is 5.57. The molecule has 7 heteroatoms. The van der Waals surface area contributed by atoms with Gasteiger partial charge in [-0.15, -0.1) is 10.2 Å². The SMILES string of the molecule is COc1ccc(-c2nnc(S[C@@H]3CCOC3=O)n2CC(C)C)cc1. The van der Waals surface area contributed by atoms with Crippen LogP contribution in [0.3, 0.4) is 0 Å². The standard InChI is InChI=1S/C17H21N3O3S/c1-11(2)10-20-15(12-4-6-13(22-3)7-5-12)18-19-17(20)24-14-8-9-23-16(14)21/h4-7,11,14H,8-10H2,1-3H3/t14-/m1/s1. The Hall–Kier alpha value is -2.02. The fraction of sp³-hybridized carbons (Fsp3) is 0.471. The van der Waals surface area contributed by atoms with Crippen LogP contribution in [0.15, 0.2) is 29.4 Å². The predicted octanol–water partition coefficient (Wildman–Crippen LogP) is 3.02. The van der Waals surface area contributed by atoms with Gasteiger partial charge in [-0.2, -0.15) is 0 Å². The molecule has 24 heavy (non-hydrogen) atoms. The molecule has 0 amide bonds. The Morgan fingerprint density at radius 3 is 2.67 bits per heavy atom. The van der Waals surface area contributed by atoms with Crippen molar-refractivity contribution in [2.45, 2.75) is 37.2 Å². The van der Waals surface area contributed by atoms with E-state index in [4.69, 9.17) is 9.47 Å². The van der Waals surface area contributed by atoms with Gasteiger partial charge in [0.25, 0.3) is 0 Å². The van der Waals surface area contributed by atoms with Gasteiger partial charge in [0, 0.05) is 18.5 Å². The zero-order chi connectivity index (χ0) is 17.1. The fourth-order valence-corrected chi connectivity index (χ4v) is 3.58. The smallest absolute Gasteiger partial charge is 0.319 e. The lowest BCUT2D eigenvalue weighted by Crippen LogP contribution is -2.13. The Labute approximate surface area is 145 Å². The van der Waals surface area contributed by atoms with E-state index in [1.54, 1.807) is 7.11 Å². The fourth-order valence-electron chi connectivity index (χ4n) is 2.57. The molecule has 1 aromatic carbocycles. The molecule has 1 atom stereocenters. The van der Waals surface area contributed by atoms with Crippen molar-refractivity contribution in [2.75, 3.05) is 13.7 Å². The molecule has 6 nitrogen and oxygen atoms in total. The molecule has 0 radical (unpaired) electrons. The first kappa shape index (κ1) is 16.8. The summed E-state index contributed by atoms with van der Waals surface area (Å²) in [5, 5.41) is 9.26. The van der Waals surface area contributed by atoms with E-state index in [0.717, 1.165) is 35.3 Å². The Morgan fingerprint density at radius 1 is 1.33 bits per heavy atom. The van der Waals surface area contributed by atoms with Gasteiger partial charge in [0.05, 0.1) is 13.7 Å². The molecule has 2 heterocycles. The van der Waals surface area contributed by atoms with Gasteiger partial charge in [0.15, 0.2) is 11.0 Å². The maximum Gasteiger partial charge on any atom is 0.319 e. The van der Waals surface area contributed by atoms with Gasteiger partial charge in [-0.3, -0.25) is 4.79 Å². The van der Waals surface area contributed by atoms with E-state index in [2.05, 4.69) is 28.6 Å². The highest BCUT2D eigenvalue weighted by Crippen LogP contribution is 2.32. The van der Waals surface area contributed by atoms with Crippen LogP contribution in [-0.4, -0.2) is 39.7 Å². The summed E-state index contributed by atoms with van der Waals surface area (Å²) in [6, 6.07) is 7.76. The van der Waals surface area contributed by atoms with E-state index in [1.165, 1.54) is 11.8 Å². The van der Waals surface area contributed by atoms with Crippen molar-refractivity contribution < 1.29 is 14.3 Å². The highest BCUT2D eigenvalue weighted by molar-refractivity contribution is 8.00. The number of hydrogen-bond donors (Lipinski definition) is 0. The summed E-state index contributed by atoms with van der Waals surface area (Å²) in [5.74, 6) is 1.88. The topological polar surface area (TPSA) is 66.2 Å². The molecule has 1 fully saturated rings. The van der Waals surface area contributed by atoms with Crippen molar-refractivity contribution in [3.63, 3.8) is 0 Å². The minimum atomic E-state index is -0.191. The molecular formula is C17H21N3O3S. The van der Waals surface area contributed by atoms with Crippen LogP contribution >= 0.6 is 11.8 Å². The largest absolute Gasteiger partial charge is 0.497 e. The quantitative estimate of drug-likeness (QED) is 0.749. The monoisotopic (exact) mass is 347 g/mol. The molecule has 1 aliphatic heterocycles. The molecule has 3 rings (SSSR count). The third-order valence-electron chi connectivity index (χ3n) is 3.75. The van der Waals surface area contributed by atoms with Crippen molar-refractivity contribution >= 4 is 17.7 Å². The molecule has 0 bridgehead atoms. The summed E-state index contributed by atoms with van der Waals surface area (Å²) in [7, 11) is 1.64. The van der Waals surface area contributed by atoms with Crippen LogP contribution in [0.1, 0.15) is 20.3 Å². The van der Waals surface area contributed by atoms with Gasteiger partial charge >= 0.3 is 5.97 Å². The highest BCUT2D eigenvalue weighted by Gasteiger charge is 2.30. The average molecular weight is 347 g/mol. The minimum absolute atomic E-state index is 0.162. The van der Waals surface area contributed by atoms with E-state index < -0.39 is 0 Å². The first-order valence-corrected chi connectivity index (χ1v) is 8.87. The molecule has 1 saturated heterocycles. The number of rotatable bonds is 6. The summed E-state index contributed by atoms with van der Waals surface area (Å²) in [5.41, 5.74) is 0.977. The van der Waals surface area contributed by atoms with Crippen molar-refractivity contribution in [2.24, 2.45) is 5.92 Å². The lowest BCUT2D eigenvalue weighted by molar-refractivity contribution is -0.137. The number of hydrogen-bond acceptors (Lipinski definition) is 6. The van der Waals surface area contributed by atoms with Gasteiger partial charge in [0.1, 0.15) is 11.0 Å². The van der Waals surface area contributed by atoms with E-state index >= 15 is 0 Å². The van der Waals surface area contributed by atoms with Gasteiger partial charge in [-0.25, -0.2) is 0 Å². The molecule has 128 valence electrons. The highest BCUT2D eigenvalue weighted by atomic mass is 32.2.